The number of benzene rings is 9. The maximum absolute atomic E-state index is 6.55. The first-order valence-electron chi connectivity index (χ1n) is 20.0. The van der Waals surface area contributed by atoms with E-state index in [1.165, 1.54) is 32.7 Å². The molecule has 0 radical (unpaired) electrons. The van der Waals surface area contributed by atoms with Crippen LogP contribution in [0.4, 0.5) is 0 Å². The van der Waals surface area contributed by atoms with Gasteiger partial charge in [-0.2, -0.15) is 0 Å². The van der Waals surface area contributed by atoms with Crippen LogP contribution in [-0.4, -0.2) is 14.5 Å². The van der Waals surface area contributed by atoms with E-state index in [-0.39, 0.29) is 0 Å². The molecule has 0 bridgehead atoms. The van der Waals surface area contributed by atoms with Crippen molar-refractivity contribution in [2.45, 2.75) is 13.8 Å². The predicted octanol–water partition coefficient (Wildman–Crippen LogP) is 15.0. The molecule has 0 unspecified atom stereocenters. The summed E-state index contributed by atoms with van der Waals surface area (Å²) in [5, 5.41) is 10.5. The minimum absolute atomic E-state index is 0.631. The summed E-state index contributed by atoms with van der Waals surface area (Å²) in [6, 6.07) is 66.6. The third kappa shape index (κ3) is 5.23. The topological polar surface area (TPSA) is 43.9 Å². The fourth-order valence-electron chi connectivity index (χ4n) is 8.84. The Morgan fingerprint density at radius 1 is 0.414 bits per heavy atom. The number of furan rings is 1. The van der Waals surface area contributed by atoms with Crippen LogP contribution >= 0.6 is 0 Å². The van der Waals surface area contributed by atoms with Crippen molar-refractivity contribution in [1.29, 1.82) is 0 Å². The molecule has 58 heavy (non-hydrogen) atoms. The molecule has 9 aromatic carbocycles. The maximum Gasteiger partial charge on any atom is 0.235 e. The largest absolute Gasteiger partial charge is 0.456 e. The van der Waals surface area contributed by atoms with Gasteiger partial charge in [0.25, 0.3) is 0 Å². The Bertz CT molecular complexity index is 3530. The molecular formula is C54H37N3O. The van der Waals surface area contributed by atoms with Crippen molar-refractivity contribution < 1.29 is 4.42 Å². The van der Waals surface area contributed by atoms with Crippen molar-refractivity contribution in [3.05, 3.63) is 188 Å². The summed E-state index contributed by atoms with van der Waals surface area (Å²) in [6.45, 7) is 4.00. The lowest BCUT2D eigenvalue weighted by atomic mass is 9.96. The highest BCUT2D eigenvalue weighted by molar-refractivity contribution is 6.20. The van der Waals surface area contributed by atoms with Crippen LogP contribution in [0.25, 0.3) is 116 Å². The molecule has 0 spiro atoms. The van der Waals surface area contributed by atoms with E-state index in [0.29, 0.717) is 5.95 Å². The van der Waals surface area contributed by atoms with Crippen LogP contribution in [0.15, 0.2) is 192 Å². The van der Waals surface area contributed by atoms with Gasteiger partial charge in [-0.05, 0) is 68.6 Å². The molecule has 274 valence electrons. The molecule has 0 fully saturated rings. The molecule has 0 aliphatic carbocycles. The monoisotopic (exact) mass is 743 g/mol. The van der Waals surface area contributed by atoms with Crippen LogP contribution in [0.1, 0.15) is 13.8 Å². The number of aromatic nitrogens is 3. The molecule has 4 nitrogen and oxygen atoms in total. The van der Waals surface area contributed by atoms with E-state index in [1.54, 1.807) is 0 Å². The zero-order chi connectivity index (χ0) is 38.7. The van der Waals surface area contributed by atoms with Gasteiger partial charge < -0.3 is 4.42 Å². The van der Waals surface area contributed by atoms with Crippen molar-refractivity contribution in [3.63, 3.8) is 0 Å². The van der Waals surface area contributed by atoms with Gasteiger partial charge in [-0.1, -0.05) is 172 Å². The highest BCUT2D eigenvalue weighted by Crippen LogP contribution is 2.41. The number of nitrogens with zero attached hydrogens (tertiary/aromatic N) is 3. The first-order chi connectivity index (χ1) is 28.8. The fourth-order valence-corrected chi connectivity index (χ4v) is 8.84. The summed E-state index contributed by atoms with van der Waals surface area (Å²) in [7, 11) is 0. The average Bonchev–Trinajstić information content (AvgIpc) is 3.85. The van der Waals surface area contributed by atoms with Gasteiger partial charge in [0.1, 0.15) is 11.2 Å². The number of hydrogen-bond donors (Lipinski definition) is 0. The van der Waals surface area contributed by atoms with E-state index in [1.807, 2.05) is 13.8 Å². The van der Waals surface area contributed by atoms with Crippen molar-refractivity contribution in [2.75, 3.05) is 0 Å². The van der Waals surface area contributed by atoms with Gasteiger partial charge in [0.15, 0.2) is 0 Å². The minimum Gasteiger partial charge on any atom is -0.456 e. The summed E-state index contributed by atoms with van der Waals surface area (Å²) < 4.78 is 8.79. The summed E-state index contributed by atoms with van der Waals surface area (Å²) in [5.41, 5.74) is 11.2. The second-order valence-electron chi connectivity index (χ2n) is 14.5. The lowest BCUT2D eigenvalue weighted by Gasteiger charge is -2.14. The summed E-state index contributed by atoms with van der Waals surface area (Å²) in [4.78, 5) is 10.7. The third-order valence-corrected chi connectivity index (χ3v) is 11.4. The van der Waals surface area contributed by atoms with E-state index in [0.717, 1.165) is 77.0 Å². The van der Waals surface area contributed by atoms with E-state index in [9.17, 15) is 0 Å². The van der Waals surface area contributed by atoms with Gasteiger partial charge in [0, 0.05) is 38.1 Å². The third-order valence-electron chi connectivity index (χ3n) is 11.4. The van der Waals surface area contributed by atoms with Crippen molar-refractivity contribution in [2.24, 2.45) is 0 Å². The molecule has 12 rings (SSSR count). The molecule has 0 saturated heterocycles. The predicted molar refractivity (Wildman–Crippen MR) is 244 cm³/mol. The second kappa shape index (κ2) is 13.6. The molecule has 0 aliphatic heterocycles. The molecule has 0 saturated carbocycles. The molecule has 0 N–H and O–H groups in total. The number of hydrogen-bond acceptors (Lipinski definition) is 3. The molecule has 0 atom stereocenters. The number of rotatable bonds is 4. The Morgan fingerprint density at radius 2 is 1.03 bits per heavy atom. The van der Waals surface area contributed by atoms with Crippen molar-refractivity contribution in [3.8, 4) is 39.5 Å². The molecule has 3 aromatic heterocycles. The Hall–Kier alpha value is -7.56. The van der Waals surface area contributed by atoms with Crippen LogP contribution in [0, 0.1) is 0 Å². The van der Waals surface area contributed by atoms with Crippen LogP contribution < -0.4 is 0 Å². The lowest BCUT2D eigenvalue weighted by Crippen LogP contribution is -2.04. The van der Waals surface area contributed by atoms with Crippen molar-refractivity contribution >= 4 is 76.2 Å². The van der Waals surface area contributed by atoms with Crippen LogP contribution in [0.3, 0.4) is 0 Å². The average molecular weight is 744 g/mol. The summed E-state index contributed by atoms with van der Waals surface area (Å²) in [5.74, 6) is 0.631. The molecular weight excluding hydrogens is 707 g/mol. The van der Waals surface area contributed by atoms with Gasteiger partial charge in [-0.15, -0.1) is 0 Å². The number of para-hydroxylation sites is 3. The summed E-state index contributed by atoms with van der Waals surface area (Å²) >= 11 is 0. The Labute approximate surface area is 335 Å². The zero-order valence-corrected chi connectivity index (χ0v) is 32.1. The molecule has 4 heteroatoms. The molecule has 0 aliphatic rings. The highest BCUT2D eigenvalue weighted by atomic mass is 16.3. The van der Waals surface area contributed by atoms with E-state index in [4.69, 9.17) is 14.4 Å². The molecule has 0 amide bonds. The van der Waals surface area contributed by atoms with Crippen molar-refractivity contribution in [1.82, 2.24) is 14.5 Å². The van der Waals surface area contributed by atoms with Gasteiger partial charge in [0.2, 0.25) is 5.95 Å². The second-order valence-corrected chi connectivity index (χ2v) is 14.5. The van der Waals surface area contributed by atoms with Crippen LogP contribution in [-0.2, 0) is 0 Å². The van der Waals surface area contributed by atoms with Gasteiger partial charge >= 0.3 is 0 Å². The fraction of sp³-hybridized carbons (Fsp3) is 0.0370. The van der Waals surface area contributed by atoms with E-state index < -0.39 is 0 Å². The van der Waals surface area contributed by atoms with E-state index in [2.05, 4.69) is 193 Å². The molecule has 3 heterocycles. The highest BCUT2D eigenvalue weighted by Gasteiger charge is 2.21. The summed E-state index contributed by atoms with van der Waals surface area (Å²) in [6.07, 6.45) is 0. The first-order valence-corrected chi connectivity index (χ1v) is 20.0. The standard InChI is InChI=1S/C52H31N3O.C2H6/c1-3-14-37-32(11-1)13-9-18-38(37)34-23-25-35(26-24-34)50-43-17-5-7-21-45(43)53-52(54-50)55-46-22-8-6-16-41(46)42-20-10-19-40(51(42)55)36-27-29-44-48(31-36)56-47-30-28-33-12-2-4-15-39(33)49(44)47;1-2/h1-31H;1-2H3. The Balaban J connectivity index is 0.00000190. The normalized spacial score (nSPS) is 11.6. The van der Waals surface area contributed by atoms with Gasteiger partial charge in [0.05, 0.1) is 22.2 Å². The van der Waals surface area contributed by atoms with Gasteiger partial charge in [-0.3, -0.25) is 4.57 Å². The quantitative estimate of drug-likeness (QED) is 0.180. The van der Waals surface area contributed by atoms with E-state index >= 15 is 0 Å². The lowest BCUT2D eigenvalue weighted by molar-refractivity contribution is 0.669. The first kappa shape index (κ1) is 33.8. The smallest absolute Gasteiger partial charge is 0.235 e. The number of fused-ring (bicyclic) bond motifs is 10. The minimum atomic E-state index is 0.631. The maximum atomic E-state index is 6.55. The molecule has 12 aromatic rings. The van der Waals surface area contributed by atoms with Gasteiger partial charge in [-0.25, -0.2) is 9.97 Å². The SMILES string of the molecule is CC.c1ccc2c(-c3ccc(-c4nc(-n5c6ccccc6c6cccc(-c7ccc8c(c7)oc7ccc9ccccc9c78)c65)nc5ccccc45)cc3)cccc2c1. The Kier molecular flexibility index (Phi) is 7.90. The zero-order valence-electron chi connectivity index (χ0n) is 32.1. The van der Waals surface area contributed by atoms with Crippen LogP contribution in [0.5, 0.6) is 0 Å². The van der Waals surface area contributed by atoms with Crippen LogP contribution in [0.2, 0.25) is 0 Å². The Morgan fingerprint density at radius 3 is 1.88 bits per heavy atom.